The molecular formula is C14H11N3O3. The Morgan fingerprint density at radius 3 is 2.70 bits per heavy atom. The van der Waals surface area contributed by atoms with E-state index in [0.717, 1.165) is 0 Å². The van der Waals surface area contributed by atoms with Crippen molar-refractivity contribution in [3.63, 3.8) is 0 Å². The summed E-state index contributed by atoms with van der Waals surface area (Å²) in [4.78, 5) is 22.8. The number of nitriles is 1. The maximum absolute atomic E-state index is 12.4. The van der Waals surface area contributed by atoms with E-state index in [0.29, 0.717) is 11.4 Å². The highest BCUT2D eigenvalue weighted by Gasteiger charge is 2.22. The predicted octanol–water partition coefficient (Wildman–Crippen LogP) is 2.23. The number of nitro groups is 1. The van der Waals surface area contributed by atoms with E-state index in [9.17, 15) is 14.9 Å². The Hall–Kier alpha value is -2.94. The molecule has 6 nitrogen and oxygen atoms in total. The fourth-order valence-corrected chi connectivity index (χ4v) is 2.00. The van der Waals surface area contributed by atoms with Crippen LogP contribution in [-0.2, 0) is 13.5 Å². The van der Waals surface area contributed by atoms with E-state index in [1.165, 1.54) is 18.2 Å². The Labute approximate surface area is 115 Å². The van der Waals surface area contributed by atoms with Gasteiger partial charge >= 0.3 is 0 Å². The van der Waals surface area contributed by atoms with E-state index in [2.05, 4.69) is 0 Å². The fourth-order valence-electron chi connectivity index (χ4n) is 2.00. The molecule has 1 aromatic heterocycles. The lowest BCUT2D eigenvalue weighted by Gasteiger charge is -2.05. The van der Waals surface area contributed by atoms with E-state index in [1.807, 2.05) is 6.07 Å². The summed E-state index contributed by atoms with van der Waals surface area (Å²) in [5, 5.41) is 19.6. The van der Waals surface area contributed by atoms with Gasteiger partial charge in [0.15, 0.2) is 0 Å². The standard InChI is InChI=1S/C14H11N3O3/c1-16-10(8-9-15)6-7-13(16)14(18)11-4-2-3-5-12(11)17(19)20/h2-7H,8H2,1H3. The molecule has 20 heavy (non-hydrogen) atoms. The number of nitro benzene ring substituents is 1. The van der Waals surface area contributed by atoms with Gasteiger partial charge in [0.05, 0.1) is 23.1 Å². The summed E-state index contributed by atoms with van der Waals surface area (Å²) in [5.41, 5.74) is 0.835. The number of carbonyl (C=O) groups excluding carboxylic acids is 1. The Morgan fingerprint density at radius 2 is 2.05 bits per heavy atom. The van der Waals surface area contributed by atoms with Crippen molar-refractivity contribution >= 4 is 11.5 Å². The van der Waals surface area contributed by atoms with Gasteiger partial charge in [-0.3, -0.25) is 14.9 Å². The Kier molecular flexibility index (Phi) is 3.62. The first kappa shape index (κ1) is 13.5. The summed E-state index contributed by atoms with van der Waals surface area (Å²) in [6, 6.07) is 11.1. The van der Waals surface area contributed by atoms with E-state index in [-0.39, 0.29) is 17.7 Å². The third-order valence-electron chi connectivity index (χ3n) is 3.06. The molecule has 0 fully saturated rings. The van der Waals surface area contributed by atoms with Gasteiger partial charge in [0.1, 0.15) is 5.56 Å². The van der Waals surface area contributed by atoms with Crippen molar-refractivity contribution in [3.05, 3.63) is 63.5 Å². The van der Waals surface area contributed by atoms with Gasteiger partial charge in [0.25, 0.3) is 5.69 Å². The SMILES string of the molecule is Cn1c(CC#N)ccc1C(=O)c1ccccc1[N+](=O)[O-]. The smallest absolute Gasteiger partial charge is 0.280 e. The molecule has 1 heterocycles. The lowest BCUT2D eigenvalue weighted by atomic mass is 10.1. The highest BCUT2D eigenvalue weighted by atomic mass is 16.6. The molecule has 100 valence electrons. The summed E-state index contributed by atoms with van der Waals surface area (Å²) < 4.78 is 1.59. The molecule has 1 aromatic carbocycles. The average molecular weight is 269 g/mol. The van der Waals surface area contributed by atoms with Crippen molar-refractivity contribution in [1.82, 2.24) is 4.57 Å². The molecule has 2 aromatic rings. The third kappa shape index (κ3) is 2.29. The minimum atomic E-state index is -0.577. The largest absolute Gasteiger partial charge is 0.344 e. The second kappa shape index (κ2) is 5.36. The number of hydrogen-bond acceptors (Lipinski definition) is 4. The number of benzene rings is 1. The van der Waals surface area contributed by atoms with Crippen LogP contribution in [0.2, 0.25) is 0 Å². The van der Waals surface area contributed by atoms with Crippen LogP contribution in [0.25, 0.3) is 0 Å². The summed E-state index contributed by atoms with van der Waals surface area (Å²) in [5.74, 6) is -0.427. The Morgan fingerprint density at radius 1 is 1.35 bits per heavy atom. The highest BCUT2D eigenvalue weighted by molar-refractivity contribution is 6.10. The quantitative estimate of drug-likeness (QED) is 0.483. The summed E-state index contributed by atoms with van der Waals surface area (Å²) in [6.07, 6.45) is 0.181. The Balaban J connectivity index is 2.48. The first-order valence-electron chi connectivity index (χ1n) is 5.86. The molecule has 0 unspecified atom stereocenters. The van der Waals surface area contributed by atoms with Crippen LogP contribution >= 0.6 is 0 Å². The minimum absolute atomic E-state index is 0.0437. The molecule has 0 saturated heterocycles. The summed E-state index contributed by atoms with van der Waals surface area (Å²) in [7, 11) is 1.66. The zero-order valence-electron chi connectivity index (χ0n) is 10.7. The van der Waals surface area contributed by atoms with Gasteiger partial charge in [-0.2, -0.15) is 5.26 Å². The second-order valence-corrected chi connectivity index (χ2v) is 4.21. The molecule has 0 N–H and O–H groups in total. The van der Waals surface area contributed by atoms with Crippen molar-refractivity contribution < 1.29 is 9.72 Å². The fraction of sp³-hybridized carbons (Fsp3) is 0.143. The second-order valence-electron chi connectivity index (χ2n) is 4.21. The van der Waals surface area contributed by atoms with Crippen LogP contribution in [0.1, 0.15) is 21.7 Å². The maximum atomic E-state index is 12.4. The molecule has 0 atom stereocenters. The molecule has 0 spiro atoms. The normalized spacial score (nSPS) is 10.0. The van der Waals surface area contributed by atoms with E-state index in [4.69, 9.17) is 5.26 Å². The summed E-state index contributed by atoms with van der Waals surface area (Å²) in [6.45, 7) is 0. The molecule has 0 aliphatic rings. The molecule has 0 aliphatic heterocycles. The van der Waals surface area contributed by atoms with Gasteiger partial charge in [-0.15, -0.1) is 0 Å². The summed E-state index contributed by atoms with van der Waals surface area (Å²) >= 11 is 0. The first-order valence-corrected chi connectivity index (χ1v) is 5.86. The van der Waals surface area contributed by atoms with Crippen molar-refractivity contribution in [2.24, 2.45) is 7.05 Å². The number of nitrogens with zero attached hydrogens (tertiary/aromatic N) is 3. The van der Waals surface area contributed by atoms with Crippen LogP contribution in [0.15, 0.2) is 36.4 Å². The number of para-hydroxylation sites is 1. The number of carbonyl (C=O) groups is 1. The first-order chi connectivity index (χ1) is 9.56. The van der Waals surface area contributed by atoms with Crippen LogP contribution < -0.4 is 0 Å². The van der Waals surface area contributed by atoms with Gasteiger partial charge in [0.2, 0.25) is 5.78 Å². The Bertz CT molecular complexity index is 726. The molecule has 6 heteroatoms. The third-order valence-corrected chi connectivity index (χ3v) is 3.06. The van der Waals surface area contributed by atoms with Crippen LogP contribution in [0.5, 0.6) is 0 Å². The van der Waals surface area contributed by atoms with Crippen molar-refractivity contribution in [1.29, 1.82) is 5.26 Å². The lowest BCUT2D eigenvalue weighted by Crippen LogP contribution is -2.11. The molecule has 0 saturated carbocycles. The molecule has 0 radical (unpaired) electrons. The highest BCUT2D eigenvalue weighted by Crippen LogP contribution is 2.22. The van der Waals surface area contributed by atoms with Crippen LogP contribution in [-0.4, -0.2) is 15.3 Å². The number of aromatic nitrogens is 1. The van der Waals surface area contributed by atoms with E-state index >= 15 is 0 Å². The van der Waals surface area contributed by atoms with Gasteiger partial charge in [-0.25, -0.2) is 0 Å². The van der Waals surface area contributed by atoms with Gasteiger partial charge in [0, 0.05) is 18.8 Å². The number of ketones is 1. The maximum Gasteiger partial charge on any atom is 0.280 e. The van der Waals surface area contributed by atoms with E-state index in [1.54, 1.807) is 29.8 Å². The zero-order chi connectivity index (χ0) is 14.7. The van der Waals surface area contributed by atoms with E-state index < -0.39 is 10.7 Å². The molecule has 0 bridgehead atoms. The molecule has 0 aliphatic carbocycles. The van der Waals surface area contributed by atoms with Crippen LogP contribution in [0.3, 0.4) is 0 Å². The molecular weight excluding hydrogens is 258 g/mol. The van der Waals surface area contributed by atoms with Crippen molar-refractivity contribution in [3.8, 4) is 6.07 Å². The van der Waals surface area contributed by atoms with Crippen molar-refractivity contribution in [2.75, 3.05) is 0 Å². The topological polar surface area (TPSA) is 88.9 Å². The van der Waals surface area contributed by atoms with Crippen LogP contribution in [0.4, 0.5) is 5.69 Å². The number of rotatable bonds is 4. The number of hydrogen-bond donors (Lipinski definition) is 0. The monoisotopic (exact) mass is 269 g/mol. The minimum Gasteiger partial charge on any atom is -0.344 e. The average Bonchev–Trinajstić information content (AvgIpc) is 2.80. The van der Waals surface area contributed by atoms with Gasteiger partial charge in [-0.1, -0.05) is 12.1 Å². The lowest BCUT2D eigenvalue weighted by molar-refractivity contribution is -0.385. The van der Waals surface area contributed by atoms with Gasteiger partial charge < -0.3 is 4.57 Å². The zero-order valence-corrected chi connectivity index (χ0v) is 10.7. The molecule has 0 amide bonds. The van der Waals surface area contributed by atoms with Crippen LogP contribution in [0, 0.1) is 21.4 Å². The van der Waals surface area contributed by atoms with Gasteiger partial charge in [-0.05, 0) is 18.2 Å². The van der Waals surface area contributed by atoms with Crippen molar-refractivity contribution in [2.45, 2.75) is 6.42 Å². The predicted molar refractivity (Wildman–Crippen MR) is 71.3 cm³/mol. The molecule has 2 rings (SSSR count).